The summed E-state index contributed by atoms with van der Waals surface area (Å²) in [5, 5.41) is 0.394. The summed E-state index contributed by atoms with van der Waals surface area (Å²) in [4.78, 5) is 24.0. The van der Waals surface area contributed by atoms with Crippen LogP contribution < -0.4 is 5.46 Å². The van der Waals surface area contributed by atoms with E-state index in [0.717, 1.165) is 73.5 Å². The Balaban J connectivity index is 0.000000321. The lowest BCUT2D eigenvalue weighted by Crippen LogP contribution is -2.47. The Kier molecular flexibility index (Phi) is 23.7. The van der Waals surface area contributed by atoms with Crippen LogP contribution in [0.5, 0.6) is 0 Å². The zero-order valence-corrected chi connectivity index (χ0v) is 63.1. The molecule has 0 bridgehead atoms. The fourth-order valence-electron chi connectivity index (χ4n) is 12.5. The molecule has 1 aliphatic rings. The van der Waals surface area contributed by atoms with Crippen LogP contribution in [0, 0.1) is 38.5 Å². The Labute approximate surface area is 540 Å². The predicted molar refractivity (Wildman–Crippen MR) is 383 cm³/mol. The predicted octanol–water partition coefficient (Wildman–Crippen LogP) is 21.3. The number of hydrogen-bond donors (Lipinski definition) is 0. The summed E-state index contributed by atoms with van der Waals surface area (Å²) >= 11 is 0. The fourth-order valence-corrected chi connectivity index (χ4v) is 15.6. The Morgan fingerprint density at radius 1 is 0.500 bits per heavy atom. The van der Waals surface area contributed by atoms with Crippen molar-refractivity contribution >= 4 is 40.8 Å². The molecule has 1 heterocycles. The van der Waals surface area contributed by atoms with Gasteiger partial charge in [0.05, 0.1) is 23.4 Å². The number of hydrogen-bond acceptors (Lipinski definition) is 6. The highest BCUT2D eigenvalue weighted by molar-refractivity contribution is 6.74. The Hall–Kier alpha value is -4.22. The maximum Gasteiger partial charge on any atom is 0.495 e. The second-order valence-electron chi connectivity index (χ2n) is 32.6. The molecule has 0 aromatic heterocycles. The van der Waals surface area contributed by atoms with Gasteiger partial charge in [-0.25, -0.2) is 0 Å². The van der Waals surface area contributed by atoms with Gasteiger partial charge in [-0.05, 0) is 227 Å². The largest absolute Gasteiger partial charge is 0.495 e. The first-order valence-electron chi connectivity index (χ1n) is 33.6. The Bertz CT molecular complexity index is 3180. The highest BCUT2D eigenvalue weighted by atomic mass is 28.4. The third kappa shape index (κ3) is 16.7. The van der Waals surface area contributed by atoms with Gasteiger partial charge in [0.15, 0.2) is 22.4 Å². The second kappa shape index (κ2) is 27.9. The lowest BCUT2D eigenvalue weighted by molar-refractivity contribution is -0.113. The molecule has 0 N–H and O–H groups in total. The Morgan fingerprint density at radius 3 is 1.19 bits per heavy atom. The van der Waals surface area contributed by atoms with E-state index in [9.17, 15) is 9.59 Å². The minimum atomic E-state index is -1.88. The van der Waals surface area contributed by atoms with Crippen LogP contribution in [0.25, 0.3) is 11.1 Å². The average molecular weight is 1230 g/mol. The second-order valence-corrected chi connectivity index (χ2v) is 42.1. The first-order valence-corrected chi connectivity index (χ1v) is 39.4. The first kappa shape index (κ1) is 74.5. The van der Waals surface area contributed by atoms with Crippen molar-refractivity contribution in [1.82, 2.24) is 0 Å². The molecule has 1 fully saturated rings. The van der Waals surface area contributed by atoms with Gasteiger partial charge in [0.1, 0.15) is 0 Å². The molecule has 5 aromatic carbocycles. The van der Waals surface area contributed by atoms with Gasteiger partial charge in [-0.1, -0.05) is 207 Å². The molecular formula is C79H121BO6Si2. The van der Waals surface area contributed by atoms with Crippen LogP contribution in [-0.2, 0) is 46.6 Å². The van der Waals surface area contributed by atoms with E-state index >= 15 is 0 Å². The maximum absolute atomic E-state index is 12.3. The zero-order chi connectivity index (χ0) is 66.8. The monoisotopic (exact) mass is 1230 g/mol. The van der Waals surface area contributed by atoms with E-state index in [0.29, 0.717) is 5.56 Å². The summed E-state index contributed by atoms with van der Waals surface area (Å²) in [5.74, 6) is -0.886. The molecule has 2 unspecified atom stereocenters. The van der Waals surface area contributed by atoms with Crippen molar-refractivity contribution < 1.29 is 27.7 Å². The van der Waals surface area contributed by atoms with Gasteiger partial charge >= 0.3 is 7.12 Å². The third-order valence-electron chi connectivity index (χ3n) is 21.8. The van der Waals surface area contributed by atoms with Crippen molar-refractivity contribution in [1.29, 1.82) is 0 Å². The summed E-state index contributed by atoms with van der Waals surface area (Å²) in [6.45, 7) is 65.3. The van der Waals surface area contributed by atoms with Crippen LogP contribution in [0.2, 0.25) is 36.3 Å². The number of Topliss-reactive ketones (excluding diaryl/α,β-unsaturated/α-hetero) is 2. The van der Waals surface area contributed by atoms with E-state index in [-0.39, 0.29) is 62.3 Å². The smallest absolute Gasteiger partial charge is 0.413 e. The van der Waals surface area contributed by atoms with Crippen molar-refractivity contribution in [3.8, 4) is 11.1 Å². The van der Waals surface area contributed by atoms with Crippen LogP contribution in [0.3, 0.4) is 0 Å². The van der Waals surface area contributed by atoms with Crippen molar-refractivity contribution in [3.05, 3.63) is 158 Å². The molecule has 0 radical (unpaired) electrons. The molecule has 9 heteroatoms. The molecule has 1 aliphatic heterocycles. The normalized spacial score (nSPS) is 15.9. The molecule has 0 spiro atoms. The number of benzene rings is 5. The summed E-state index contributed by atoms with van der Waals surface area (Å²) in [6, 6.07) is 35.5. The zero-order valence-electron chi connectivity index (χ0n) is 61.1. The molecule has 0 saturated carbocycles. The number of carbonyl (C=O) groups excluding carboxylic acids is 2. The van der Waals surface area contributed by atoms with Gasteiger partial charge in [0.25, 0.3) is 0 Å². The van der Waals surface area contributed by atoms with Gasteiger partial charge in [-0.15, -0.1) is 0 Å². The third-order valence-corrected chi connectivity index (χ3v) is 30.8. The van der Waals surface area contributed by atoms with Crippen molar-refractivity contribution in [2.45, 2.75) is 295 Å². The number of ketones is 2. The molecule has 484 valence electrons. The first-order chi connectivity index (χ1) is 40.3. The molecular weight excluding hydrogens is 1110 g/mol. The molecule has 5 aromatic rings. The lowest BCUT2D eigenvalue weighted by atomic mass is 9.67. The maximum atomic E-state index is 12.3. The van der Waals surface area contributed by atoms with Gasteiger partial charge in [-0.3, -0.25) is 9.59 Å². The number of rotatable bonds is 22. The standard InChI is InChI=1S/C41H58O3Si.C38H63BO3Si/c1-14-41(15-2,35-22-23-36(29(4)26-35)32-17-16-18-33(27-32)38(43)30(5)42)34-21-19-31(28(3)25-34)20-24-37(39(6,7)8)44-45(12,13)40(9,10)11;1-17-38(18-2,31-22-23-32(28(4)26-31)39-41-36(11,12)37(13,14)42-39)30-21-19-29(27(3)25-30)20-24-33(34(5,6)7)40-43(15,16)35(8,9)10/h16-19,21-23,25-27,37H,14-15,20,24H2,1-13H3;19,21-23,25-26,33H,17-18,20,24H2,1-16H3. The summed E-state index contributed by atoms with van der Waals surface area (Å²) in [6.07, 6.45) is 8.64. The van der Waals surface area contributed by atoms with Crippen LogP contribution in [0.4, 0.5) is 0 Å². The topological polar surface area (TPSA) is 71.1 Å². The average Bonchev–Trinajstić information content (AvgIpc) is 1.39. The lowest BCUT2D eigenvalue weighted by Gasteiger charge is -2.43. The number of carbonyl (C=O) groups is 2. The van der Waals surface area contributed by atoms with Crippen LogP contribution in [-0.4, -0.2) is 58.7 Å². The molecule has 1 saturated heterocycles. The highest BCUT2D eigenvalue weighted by Gasteiger charge is 2.52. The molecule has 6 rings (SSSR count). The summed E-state index contributed by atoms with van der Waals surface area (Å²) in [5.41, 5.74) is 16.4. The van der Waals surface area contributed by atoms with Crippen LogP contribution in [0.1, 0.15) is 250 Å². The van der Waals surface area contributed by atoms with Crippen molar-refractivity contribution in [3.63, 3.8) is 0 Å². The van der Waals surface area contributed by atoms with E-state index in [4.69, 9.17) is 18.2 Å². The molecule has 2 atom stereocenters. The van der Waals surface area contributed by atoms with Crippen LogP contribution in [0.15, 0.2) is 97.1 Å². The van der Waals surface area contributed by atoms with Gasteiger partial charge in [0.2, 0.25) is 5.78 Å². The Morgan fingerprint density at radius 2 is 0.864 bits per heavy atom. The van der Waals surface area contributed by atoms with Gasteiger partial charge < -0.3 is 18.2 Å². The highest BCUT2D eigenvalue weighted by Crippen LogP contribution is 2.46. The quantitative estimate of drug-likeness (QED) is 0.0391. The molecule has 0 aliphatic carbocycles. The SMILES string of the molecule is CCC(CC)(c1ccc(CCC(O[Si](C)(C)C(C)(C)C)C(C)(C)C)c(C)c1)c1ccc(-c2cccc(C(=O)C(C)=O)c2)c(C)c1.CCC(CC)(c1ccc(CCC(O[Si](C)(C)C(C)(C)C)C(C)(C)C)c(C)c1)c1ccc(B2OC(C)(C)C(C)(C)O2)c(C)c1. The minimum Gasteiger partial charge on any atom is -0.413 e. The van der Waals surface area contributed by atoms with E-state index in [1.165, 1.54) is 57.0 Å². The number of aryl methyl sites for hydroxylation is 6. The molecule has 6 nitrogen and oxygen atoms in total. The van der Waals surface area contributed by atoms with Gasteiger partial charge in [-0.2, -0.15) is 0 Å². The van der Waals surface area contributed by atoms with Crippen molar-refractivity contribution in [2.75, 3.05) is 0 Å². The van der Waals surface area contributed by atoms with Crippen LogP contribution >= 0.6 is 0 Å². The van der Waals surface area contributed by atoms with Crippen molar-refractivity contribution in [2.24, 2.45) is 10.8 Å². The fraction of sp³-hybridized carbons (Fsp3) is 0.595. The van der Waals surface area contributed by atoms with E-state index < -0.39 is 28.2 Å². The summed E-state index contributed by atoms with van der Waals surface area (Å²) < 4.78 is 26.8. The van der Waals surface area contributed by atoms with Gasteiger partial charge in [0, 0.05) is 23.3 Å². The minimum absolute atomic E-state index is 0.0398. The van der Waals surface area contributed by atoms with E-state index in [1.807, 2.05) is 18.2 Å². The molecule has 0 amide bonds. The van der Waals surface area contributed by atoms with E-state index in [1.54, 1.807) is 6.07 Å². The van der Waals surface area contributed by atoms with E-state index in [2.05, 4.69) is 265 Å². The summed E-state index contributed by atoms with van der Waals surface area (Å²) in [7, 11) is -4.08. The molecule has 88 heavy (non-hydrogen) atoms.